The molecule has 0 saturated carbocycles. The van der Waals surface area contributed by atoms with Crippen molar-refractivity contribution in [2.75, 3.05) is 4.90 Å². The Hall–Kier alpha value is -3.21. The van der Waals surface area contributed by atoms with Crippen molar-refractivity contribution in [3.05, 3.63) is 87.6 Å². The summed E-state index contributed by atoms with van der Waals surface area (Å²) >= 11 is 0. The van der Waals surface area contributed by atoms with Gasteiger partial charge in [0, 0.05) is 30.9 Å². The van der Waals surface area contributed by atoms with Gasteiger partial charge in [-0.2, -0.15) is 0 Å². The van der Waals surface area contributed by atoms with Crippen LogP contribution in [0.2, 0.25) is 0 Å². The smallest absolute Gasteiger partial charge is 0.253 e. The normalized spacial score (nSPS) is 13.5. The number of amides is 1. The number of aryl methyl sites for hydroxylation is 3. The van der Waals surface area contributed by atoms with Crippen molar-refractivity contribution in [3.8, 4) is 11.1 Å². The van der Waals surface area contributed by atoms with E-state index in [-0.39, 0.29) is 17.3 Å². The molecule has 3 aromatic rings. The molecule has 0 N–H and O–H groups in total. The van der Waals surface area contributed by atoms with Gasteiger partial charge in [-0.3, -0.25) is 9.59 Å². The van der Waals surface area contributed by atoms with E-state index in [1.54, 1.807) is 35.6 Å². The molecule has 1 aromatic heterocycles. The van der Waals surface area contributed by atoms with Crippen molar-refractivity contribution < 1.29 is 9.18 Å². The molecule has 2 aromatic carbocycles. The van der Waals surface area contributed by atoms with Crippen LogP contribution >= 0.6 is 0 Å². The van der Waals surface area contributed by atoms with E-state index in [1.165, 1.54) is 12.1 Å². The molecule has 0 bridgehead atoms. The summed E-state index contributed by atoms with van der Waals surface area (Å²) in [6.07, 6.45) is 2.99. The molecule has 142 valence electrons. The zero-order chi connectivity index (χ0) is 19.8. The van der Waals surface area contributed by atoms with Crippen molar-refractivity contribution >= 4 is 11.6 Å². The van der Waals surface area contributed by atoms with Crippen LogP contribution in [0.1, 0.15) is 23.1 Å². The van der Waals surface area contributed by atoms with E-state index in [0.29, 0.717) is 24.9 Å². The first-order chi connectivity index (χ1) is 13.4. The van der Waals surface area contributed by atoms with Crippen LogP contribution in [0.3, 0.4) is 0 Å². The van der Waals surface area contributed by atoms with Crippen LogP contribution in [0.5, 0.6) is 0 Å². The van der Waals surface area contributed by atoms with Crippen molar-refractivity contribution in [1.82, 2.24) is 4.57 Å². The highest BCUT2D eigenvalue weighted by molar-refractivity contribution is 5.97. The first-order valence-corrected chi connectivity index (χ1v) is 9.28. The summed E-state index contributed by atoms with van der Waals surface area (Å²) in [6, 6.07) is 14.2. The molecular weight excluding hydrogens is 355 g/mol. The summed E-state index contributed by atoms with van der Waals surface area (Å²) in [5, 5.41) is 0. The summed E-state index contributed by atoms with van der Waals surface area (Å²) in [7, 11) is 1.74. The lowest BCUT2D eigenvalue weighted by Crippen LogP contribution is -2.34. The maximum atomic E-state index is 13.2. The zero-order valence-electron chi connectivity index (χ0n) is 15.9. The first-order valence-electron chi connectivity index (χ1n) is 9.28. The second-order valence-electron chi connectivity index (χ2n) is 7.28. The third-order valence-corrected chi connectivity index (χ3v) is 5.24. The lowest BCUT2D eigenvalue weighted by atomic mass is 9.96. The lowest BCUT2D eigenvalue weighted by molar-refractivity contribution is -0.119. The second kappa shape index (κ2) is 7.08. The van der Waals surface area contributed by atoms with Crippen LogP contribution in [0.25, 0.3) is 11.1 Å². The Balaban J connectivity index is 1.75. The zero-order valence-corrected chi connectivity index (χ0v) is 15.9. The third kappa shape index (κ3) is 3.36. The standard InChI is InChI=1S/C23H21FN2O2/c1-15-11-19(14-25(2)23(15)28)18-6-5-17-7-10-22(27)26(21(17)12-18)13-16-3-8-20(24)9-4-16/h3-6,8-9,11-12,14H,7,10,13H2,1-2H3. The Morgan fingerprint density at radius 2 is 1.71 bits per heavy atom. The molecule has 0 atom stereocenters. The number of hydrogen-bond acceptors (Lipinski definition) is 2. The summed E-state index contributed by atoms with van der Waals surface area (Å²) < 4.78 is 14.8. The van der Waals surface area contributed by atoms with Crippen molar-refractivity contribution in [2.45, 2.75) is 26.3 Å². The number of benzene rings is 2. The molecule has 4 rings (SSSR count). The summed E-state index contributed by atoms with van der Waals surface area (Å²) in [6.45, 7) is 2.20. The van der Waals surface area contributed by atoms with Gasteiger partial charge in [0.1, 0.15) is 5.82 Å². The molecule has 4 nitrogen and oxygen atoms in total. The number of carbonyl (C=O) groups excluding carboxylic acids is 1. The van der Waals surface area contributed by atoms with Gasteiger partial charge in [-0.05, 0) is 59.9 Å². The fourth-order valence-corrected chi connectivity index (χ4v) is 3.70. The van der Waals surface area contributed by atoms with E-state index < -0.39 is 0 Å². The van der Waals surface area contributed by atoms with Crippen molar-refractivity contribution in [2.24, 2.45) is 7.05 Å². The topological polar surface area (TPSA) is 42.3 Å². The fraction of sp³-hybridized carbons (Fsp3) is 0.217. The van der Waals surface area contributed by atoms with Crippen LogP contribution in [0, 0.1) is 12.7 Å². The minimum atomic E-state index is -0.290. The molecule has 1 aliphatic rings. The lowest BCUT2D eigenvalue weighted by Gasteiger charge is -2.30. The predicted octanol–water partition coefficient (Wildman–Crippen LogP) is 3.98. The molecule has 2 heterocycles. The van der Waals surface area contributed by atoms with Gasteiger partial charge in [0.25, 0.3) is 5.56 Å². The predicted molar refractivity (Wildman–Crippen MR) is 108 cm³/mol. The average molecular weight is 376 g/mol. The molecule has 28 heavy (non-hydrogen) atoms. The monoisotopic (exact) mass is 376 g/mol. The van der Waals surface area contributed by atoms with Gasteiger partial charge < -0.3 is 9.47 Å². The van der Waals surface area contributed by atoms with Gasteiger partial charge in [0.2, 0.25) is 5.91 Å². The summed E-state index contributed by atoms with van der Waals surface area (Å²) in [4.78, 5) is 26.4. The maximum Gasteiger partial charge on any atom is 0.253 e. The number of halogens is 1. The van der Waals surface area contributed by atoms with Crippen LogP contribution in [0.15, 0.2) is 59.5 Å². The highest BCUT2D eigenvalue weighted by Gasteiger charge is 2.24. The van der Waals surface area contributed by atoms with Crippen LogP contribution in [-0.2, 0) is 24.8 Å². The van der Waals surface area contributed by atoms with Gasteiger partial charge in [-0.1, -0.05) is 24.3 Å². The number of anilines is 1. The largest absolute Gasteiger partial charge is 0.318 e. The Morgan fingerprint density at radius 3 is 2.43 bits per heavy atom. The van der Waals surface area contributed by atoms with E-state index in [4.69, 9.17) is 0 Å². The first kappa shape index (κ1) is 18.2. The Kier molecular flexibility index (Phi) is 4.59. The molecular formula is C23H21FN2O2. The van der Waals surface area contributed by atoms with E-state index in [1.807, 2.05) is 24.4 Å². The molecule has 0 fully saturated rings. The van der Waals surface area contributed by atoms with Crippen LogP contribution in [0.4, 0.5) is 10.1 Å². The van der Waals surface area contributed by atoms with E-state index in [0.717, 1.165) is 27.9 Å². The number of nitrogens with zero attached hydrogens (tertiary/aromatic N) is 2. The molecule has 0 spiro atoms. The Bertz CT molecular complexity index is 1090. The maximum absolute atomic E-state index is 13.2. The number of fused-ring (bicyclic) bond motifs is 1. The third-order valence-electron chi connectivity index (χ3n) is 5.24. The molecule has 0 unspecified atom stereocenters. The number of rotatable bonds is 3. The molecule has 0 saturated heterocycles. The van der Waals surface area contributed by atoms with Gasteiger partial charge in [0.05, 0.1) is 6.54 Å². The molecule has 1 aliphatic heterocycles. The van der Waals surface area contributed by atoms with Crippen molar-refractivity contribution in [1.29, 1.82) is 0 Å². The van der Waals surface area contributed by atoms with Gasteiger partial charge in [-0.25, -0.2) is 4.39 Å². The molecule has 0 radical (unpaired) electrons. The number of hydrogen-bond donors (Lipinski definition) is 0. The molecule has 1 amide bonds. The second-order valence-corrected chi connectivity index (χ2v) is 7.28. The summed E-state index contributed by atoms with van der Waals surface area (Å²) in [5.41, 5.74) is 5.42. The van der Waals surface area contributed by atoms with E-state index in [2.05, 4.69) is 6.07 Å². The van der Waals surface area contributed by atoms with Crippen LogP contribution < -0.4 is 10.5 Å². The highest BCUT2D eigenvalue weighted by atomic mass is 19.1. The Morgan fingerprint density at radius 1 is 0.964 bits per heavy atom. The van der Waals surface area contributed by atoms with E-state index in [9.17, 15) is 14.0 Å². The fourth-order valence-electron chi connectivity index (χ4n) is 3.70. The van der Waals surface area contributed by atoms with E-state index >= 15 is 0 Å². The molecule has 0 aliphatic carbocycles. The van der Waals surface area contributed by atoms with Gasteiger partial charge >= 0.3 is 0 Å². The average Bonchev–Trinajstić information content (AvgIpc) is 2.69. The van der Waals surface area contributed by atoms with Gasteiger partial charge in [-0.15, -0.1) is 0 Å². The van der Waals surface area contributed by atoms with Gasteiger partial charge in [0.15, 0.2) is 0 Å². The number of pyridine rings is 1. The minimum absolute atomic E-state index is 0.0187. The number of carbonyl (C=O) groups is 1. The number of aromatic nitrogens is 1. The highest BCUT2D eigenvalue weighted by Crippen LogP contribution is 2.33. The Labute approximate surface area is 162 Å². The van der Waals surface area contributed by atoms with Crippen molar-refractivity contribution in [3.63, 3.8) is 0 Å². The SMILES string of the molecule is Cc1cc(-c2ccc3c(c2)N(Cc2ccc(F)cc2)C(=O)CC3)cn(C)c1=O. The quantitative estimate of drug-likeness (QED) is 0.694. The van der Waals surface area contributed by atoms with Crippen LogP contribution in [-0.4, -0.2) is 10.5 Å². The minimum Gasteiger partial charge on any atom is -0.318 e. The summed E-state index contributed by atoms with van der Waals surface area (Å²) in [5.74, 6) is -0.230. The molecule has 5 heteroatoms.